The first kappa shape index (κ1) is 16.6. The number of nitrogens with one attached hydrogen (secondary N) is 1. The third kappa shape index (κ3) is 4.87. The van der Waals surface area contributed by atoms with E-state index in [9.17, 15) is 0 Å². The molecule has 0 aliphatic carbocycles. The molecular formula is C15H24Cl2N2. The third-order valence-corrected chi connectivity index (χ3v) is 4.19. The van der Waals surface area contributed by atoms with Crippen LogP contribution < -0.4 is 11.1 Å². The summed E-state index contributed by atoms with van der Waals surface area (Å²) in [5.41, 5.74) is 7.24. The molecule has 1 rings (SSSR count). The van der Waals surface area contributed by atoms with Gasteiger partial charge in [-0.1, -0.05) is 50.9 Å². The first-order chi connectivity index (χ1) is 8.82. The van der Waals surface area contributed by atoms with Crippen molar-refractivity contribution in [1.82, 2.24) is 5.32 Å². The zero-order valence-electron chi connectivity index (χ0n) is 12.1. The Bertz CT molecular complexity index is 386. The van der Waals surface area contributed by atoms with E-state index in [-0.39, 0.29) is 0 Å². The maximum atomic E-state index is 6.02. The smallest absolute Gasteiger partial charge is 0.0693 e. The number of anilines is 1. The molecule has 0 heterocycles. The summed E-state index contributed by atoms with van der Waals surface area (Å²) < 4.78 is 0. The predicted octanol–water partition coefficient (Wildman–Crippen LogP) is 4.59. The number of rotatable bonds is 6. The SMILES string of the molecule is CC(C)C(CNCc1cc(Cl)c(N)c(Cl)c1)C(C)C. The molecule has 0 bridgehead atoms. The predicted molar refractivity (Wildman–Crippen MR) is 85.7 cm³/mol. The summed E-state index contributed by atoms with van der Waals surface area (Å²) in [5.74, 6) is 2.01. The van der Waals surface area contributed by atoms with E-state index in [0.29, 0.717) is 33.5 Å². The van der Waals surface area contributed by atoms with E-state index in [1.165, 1.54) is 0 Å². The van der Waals surface area contributed by atoms with Crippen molar-refractivity contribution in [3.63, 3.8) is 0 Å². The lowest BCUT2D eigenvalue weighted by molar-refractivity contribution is 0.275. The Kier molecular flexibility index (Phi) is 6.45. The fraction of sp³-hybridized carbons (Fsp3) is 0.600. The molecule has 0 atom stereocenters. The largest absolute Gasteiger partial charge is 0.396 e. The average molecular weight is 303 g/mol. The van der Waals surface area contributed by atoms with Crippen molar-refractivity contribution < 1.29 is 0 Å². The van der Waals surface area contributed by atoms with E-state index in [4.69, 9.17) is 28.9 Å². The van der Waals surface area contributed by atoms with Crippen LogP contribution in [0.3, 0.4) is 0 Å². The van der Waals surface area contributed by atoms with Gasteiger partial charge in [0.25, 0.3) is 0 Å². The van der Waals surface area contributed by atoms with Crippen molar-refractivity contribution in [2.75, 3.05) is 12.3 Å². The normalized spacial score (nSPS) is 11.8. The summed E-state index contributed by atoms with van der Waals surface area (Å²) in [6.45, 7) is 10.8. The monoisotopic (exact) mass is 302 g/mol. The molecule has 1 aromatic rings. The second-order valence-corrected chi connectivity index (χ2v) is 6.57. The lowest BCUT2D eigenvalue weighted by Gasteiger charge is -2.25. The Balaban J connectivity index is 2.58. The van der Waals surface area contributed by atoms with E-state index < -0.39 is 0 Å². The van der Waals surface area contributed by atoms with E-state index >= 15 is 0 Å². The number of halogens is 2. The Morgan fingerprint density at radius 1 is 1.05 bits per heavy atom. The maximum Gasteiger partial charge on any atom is 0.0693 e. The van der Waals surface area contributed by atoms with Crippen LogP contribution in [0.1, 0.15) is 33.3 Å². The molecular weight excluding hydrogens is 279 g/mol. The molecule has 0 aliphatic rings. The van der Waals surface area contributed by atoms with Gasteiger partial charge in [-0.2, -0.15) is 0 Å². The standard InChI is InChI=1S/C15H24Cl2N2/c1-9(2)12(10(3)4)8-19-7-11-5-13(16)15(18)14(17)6-11/h5-6,9-10,12,19H,7-8,18H2,1-4H3. The van der Waals surface area contributed by atoms with Crippen LogP contribution in [-0.4, -0.2) is 6.54 Å². The molecule has 108 valence electrons. The molecule has 0 saturated carbocycles. The molecule has 19 heavy (non-hydrogen) atoms. The Morgan fingerprint density at radius 3 is 1.95 bits per heavy atom. The van der Waals surface area contributed by atoms with Crippen molar-refractivity contribution in [3.8, 4) is 0 Å². The minimum atomic E-state index is 0.453. The van der Waals surface area contributed by atoms with Gasteiger partial charge in [0.15, 0.2) is 0 Å². The summed E-state index contributed by atoms with van der Waals surface area (Å²) in [6.07, 6.45) is 0. The van der Waals surface area contributed by atoms with Gasteiger partial charge in [-0.15, -0.1) is 0 Å². The molecule has 0 fully saturated rings. The van der Waals surface area contributed by atoms with Gasteiger partial charge in [-0.25, -0.2) is 0 Å². The van der Waals surface area contributed by atoms with E-state index in [0.717, 1.165) is 18.7 Å². The van der Waals surface area contributed by atoms with Gasteiger partial charge < -0.3 is 11.1 Å². The van der Waals surface area contributed by atoms with Crippen molar-refractivity contribution in [1.29, 1.82) is 0 Å². The molecule has 1 aromatic carbocycles. The van der Waals surface area contributed by atoms with Gasteiger partial charge >= 0.3 is 0 Å². The minimum Gasteiger partial charge on any atom is -0.396 e. The van der Waals surface area contributed by atoms with Crippen molar-refractivity contribution >= 4 is 28.9 Å². The lowest BCUT2D eigenvalue weighted by Crippen LogP contribution is -2.29. The van der Waals surface area contributed by atoms with Gasteiger partial charge in [0.1, 0.15) is 0 Å². The highest BCUT2D eigenvalue weighted by Gasteiger charge is 2.16. The number of benzene rings is 1. The fourth-order valence-corrected chi connectivity index (χ4v) is 2.90. The first-order valence-corrected chi connectivity index (χ1v) is 7.52. The third-order valence-electron chi connectivity index (χ3n) is 3.56. The van der Waals surface area contributed by atoms with Gasteiger partial charge in [-0.3, -0.25) is 0 Å². The number of hydrogen-bond donors (Lipinski definition) is 2. The second kappa shape index (κ2) is 7.37. The van der Waals surface area contributed by atoms with E-state index in [1.54, 1.807) is 0 Å². The van der Waals surface area contributed by atoms with Gasteiger partial charge in [-0.05, 0) is 42.0 Å². The van der Waals surface area contributed by atoms with Gasteiger partial charge in [0.05, 0.1) is 15.7 Å². The fourth-order valence-electron chi connectivity index (χ4n) is 2.36. The van der Waals surface area contributed by atoms with Gasteiger partial charge in [0, 0.05) is 6.54 Å². The molecule has 3 N–H and O–H groups in total. The summed E-state index contributed by atoms with van der Waals surface area (Å²) in [7, 11) is 0. The average Bonchev–Trinajstić information content (AvgIpc) is 2.30. The van der Waals surface area contributed by atoms with Crippen LogP contribution in [0.15, 0.2) is 12.1 Å². The summed E-state index contributed by atoms with van der Waals surface area (Å²) in [6, 6.07) is 3.74. The van der Waals surface area contributed by atoms with Crippen LogP contribution in [0, 0.1) is 17.8 Å². The maximum absolute atomic E-state index is 6.02. The van der Waals surface area contributed by atoms with E-state index in [1.807, 2.05) is 12.1 Å². The number of nitrogens with two attached hydrogens (primary N) is 1. The molecule has 0 aliphatic heterocycles. The summed E-state index contributed by atoms with van der Waals surface area (Å²) >= 11 is 12.0. The van der Waals surface area contributed by atoms with Crippen LogP contribution in [0.2, 0.25) is 10.0 Å². The van der Waals surface area contributed by atoms with Crippen LogP contribution >= 0.6 is 23.2 Å². The Labute approximate surface area is 126 Å². The topological polar surface area (TPSA) is 38.0 Å². The highest BCUT2D eigenvalue weighted by atomic mass is 35.5. The lowest BCUT2D eigenvalue weighted by atomic mass is 9.85. The number of hydrogen-bond acceptors (Lipinski definition) is 2. The molecule has 0 spiro atoms. The van der Waals surface area contributed by atoms with Crippen LogP contribution in [0.5, 0.6) is 0 Å². The van der Waals surface area contributed by atoms with Crippen LogP contribution in [0.4, 0.5) is 5.69 Å². The quantitative estimate of drug-likeness (QED) is 0.754. The second-order valence-electron chi connectivity index (χ2n) is 5.76. The number of nitrogen functional groups attached to an aromatic ring is 1. The zero-order valence-corrected chi connectivity index (χ0v) is 13.6. The van der Waals surface area contributed by atoms with Gasteiger partial charge in [0.2, 0.25) is 0 Å². The first-order valence-electron chi connectivity index (χ1n) is 6.77. The van der Waals surface area contributed by atoms with Crippen LogP contribution in [0.25, 0.3) is 0 Å². The van der Waals surface area contributed by atoms with E-state index in [2.05, 4.69) is 33.0 Å². The van der Waals surface area contributed by atoms with Crippen molar-refractivity contribution in [2.45, 2.75) is 34.2 Å². The Morgan fingerprint density at radius 2 is 1.53 bits per heavy atom. The van der Waals surface area contributed by atoms with Crippen molar-refractivity contribution in [3.05, 3.63) is 27.7 Å². The molecule has 4 heteroatoms. The summed E-state index contributed by atoms with van der Waals surface area (Å²) in [5, 5.41) is 4.52. The Hall–Kier alpha value is -0.440. The molecule has 0 amide bonds. The molecule has 0 saturated heterocycles. The minimum absolute atomic E-state index is 0.453. The zero-order chi connectivity index (χ0) is 14.6. The molecule has 0 unspecified atom stereocenters. The summed E-state index contributed by atoms with van der Waals surface area (Å²) in [4.78, 5) is 0. The highest BCUT2D eigenvalue weighted by molar-refractivity contribution is 6.38. The highest BCUT2D eigenvalue weighted by Crippen LogP contribution is 2.28. The van der Waals surface area contributed by atoms with Crippen LogP contribution in [-0.2, 0) is 6.54 Å². The van der Waals surface area contributed by atoms with Crippen molar-refractivity contribution in [2.24, 2.45) is 17.8 Å². The molecule has 0 aromatic heterocycles. The molecule has 2 nitrogen and oxygen atoms in total. The molecule has 0 radical (unpaired) electrons.